The normalized spacial score (nSPS) is 12.7. The smallest absolute Gasteiger partial charge is 0.325 e. The monoisotopic (exact) mass is 354 g/mol. The van der Waals surface area contributed by atoms with Crippen molar-refractivity contribution in [1.82, 2.24) is 10.6 Å². The van der Waals surface area contributed by atoms with Crippen LogP contribution in [0.5, 0.6) is 0 Å². The van der Waals surface area contributed by atoms with Crippen LogP contribution < -0.4 is 10.6 Å². The standard InChI is InChI=1S/C20H22N2O4/c1-13-8-10-15(11-9-13)12-17(19(24)21-14(2)20(25)26)22-18(23)16-6-4-3-5-7-16/h3-11,14,17H,12H2,1-2H3,(H,21,24)(H,22,23)(H,25,26)/t14-,17-/m0/s1. The molecule has 2 aromatic carbocycles. The van der Waals surface area contributed by atoms with Crippen LogP contribution in [0.4, 0.5) is 0 Å². The van der Waals surface area contributed by atoms with E-state index in [0.717, 1.165) is 11.1 Å². The molecule has 0 fully saturated rings. The molecule has 0 aliphatic carbocycles. The molecule has 0 aliphatic heterocycles. The molecule has 0 saturated heterocycles. The van der Waals surface area contributed by atoms with Gasteiger partial charge in [-0.05, 0) is 31.5 Å². The summed E-state index contributed by atoms with van der Waals surface area (Å²) in [7, 11) is 0. The number of aliphatic carboxylic acids is 1. The largest absolute Gasteiger partial charge is 0.480 e. The number of carboxylic acids is 1. The van der Waals surface area contributed by atoms with Crippen molar-refractivity contribution in [3.63, 3.8) is 0 Å². The number of carbonyl (C=O) groups excluding carboxylic acids is 2. The molecule has 2 rings (SSSR count). The number of carboxylic acid groups (broad SMARTS) is 1. The number of hydrogen-bond acceptors (Lipinski definition) is 3. The Labute approximate surface area is 152 Å². The number of amides is 2. The van der Waals surface area contributed by atoms with Crippen LogP contribution in [0.25, 0.3) is 0 Å². The molecule has 3 N–H and O–H groups in total. The number of carbonyl (C=O) groups is 3. The Morgan fingerprint density at radius 3 is 2.15 bits per heavy atom. The maximum atomic E-state index is 12.5. The Hall–Kier alpha value is -3.15. The minimum absolute atomic E-state index is 0.261. The van der Waals surface area contributed by atoms with E-state index in [4.69, 9.17) is 5.11 Å². The van der Waals surface area contributed by atoms with Crippen molar-refractivity contribution in [2.24, 2.45) is 0 Å². The zero-order valence-corrected chi connectivity index (χ0v) is 14.7. The lowest BCUT2D eigenvalue weighted by Gasteiger charge is -2.20. The van der Waals surface area contributed by atoms with E-state index < -0.39 is 24.0 Å². The Kier molecular flexibility index (Phi) is 6.49. The summed E-state index contributed by atoms with van der Waals surface area (Å²) in [5.41, 5.74) is 2.38. The number of nitrogens with one attached hydrogen (secondary N) is 2. The summed E-state index contributed by atoms with van der Waals surface area (Å²) in [6.07, 6.45) is 0.261. The van der Waals surface area contributed by atoms with Crippen molar-refractivity contribution < 1.29 is 19.5 Å². The molecular formula is C20H22N2O4. The van der Waals surface area contributed by atoms with Gasteiger partial charge in [-0.2, -0.15) is 0 Å². The minimum atomic E-state index is -1.14. The van der Waals surface area contributed by atoms with E-state index in [2.05, 4.69) is 10.6 Å². The summed E-state index contributed by atoms with van der Waals surface area (Å²) in [6, 6.07) is 14.2. The highest BCUT2D eigenvalue weighted by Crippen LogP contribution is 2.08. The van der Waals surface area contributed by atoms with Gasteiger partial charge in [-0.1, -0.05) is 48.0 Å². The molecule has 6 heteroatoms. The zero-order valence-electron chi connectivity index (χ0n) is 14.7. The van der Waals surface area contributed by atoms with Gasteiger partial charge in [0.1, 0.15) is 12.1 Å². The maximum absolute atomic E-state index is 12.5. The summed E-state index contributed by atoms with van der Waals surface area (Å²) in [5.74, 6) is -2.06. The van der Waals surface area contributed by atoms with Crippen LogP contribution in [0.15, 0.2) is 54.6 Å². The molecule has 2 amide bonds. The maximum Gasteiger partial charge on any atom is 0.325 e. The van der Waals surface area contributed by atoms with Gasteiger partial charge >= 0.3 is 5.97 Å². The molecule has 26 heavy (non-hydrogen) atoms. The molecule has 0 bridgehead atoms. The number of hydrogen-bond donors (Lipinski definition) is 3. The molecule has 0 spiro atoms. The van der Waals surface area contributed by atoms with E-state index in [1.165, 1.54) is 6.92 Å². The van der Waals surface area contributed by atoms with Crippen LogP contribution in [0.2, 0.25) is 0 Å². The predicted octanol–water partition coefficient (Wildman–Crippen LogP) is 1.93. The summed E-state index contributed by atoms with van der Waals surface area (Å²) in [4.78, 5) is 35.9. The number of rotatable bonds is 7. The van der Waals surface area contributed by atoms with E-state index in [-0.39, 0.29) is 12.3 Å². The highest BCUT2D eigenvalue weighted by molar-refractivity contribution is 5.98. The van der Waals surface area contributed by atoms with Crippen LogP contribution in [0, 0.1) is 6.92 Å². The lowest BCUT2D eigenvalue weighted by atomic mass is 10.0. The summed E-state index contributed by atoms with van der Waals surface area (Å²) < 4.78 is 0. The number of aryl methyl sites for hydroxylation is 1. The van der Waals surface area contributed by atoms with Gasteiger partial charge in [-0.15, -0.1) is 0 Å². The first kappa shape index (κ1) is 19.2. The zero-order chi connectivity index (χ0) is 19.1. The van der Waals surface area contributed by atoms with Crippen molar-refractivity contribution in [2.45, 2.75) is 32.4 Å². The van der Waals surface area contributed by atoms with Crippen LogP contribution in [0.1, 0.15) is 28.4 Å². The van der Waals surface area contributed by atoms with Crippen molar-refractivity contribution in [3.8, 4) is 0 Å². The fraction of sp³-hybridized carbons (Fsp3) is 0.250. The van der Waals surface area contributed by atoms with Crippen molar-refractivity contribution >= 4 is 17.8 Å². The minimum Gasteiger partial charge on any atom is -0.480 e. The molecule has 0 aliphatic rings. The molecule has 0 radical (unpaired) electrons. The van der Waals surface area contributed by atoms with E-state index in [9.17, 15) is 14.4 Å². The molecule has 136 valence electrons. The third kappa shape index (κ3) is 5.44. The Bertz CT molecular complexity index is 772. The SMILES string of the molecule is Cc1ccc(C[C@H](NC(=O)c2ccccc2)C(=O)N[C@@H](C)C(=O)O)cc1. The number of benzene rings is 2. The van der Waals surface area contributed by atoms with Gasteiger partial charge in [0.05, 0.1) is 0 Å². The average molecular weight is 354 g/mol. The van der Waals surface area contributed by atoms with Gasteiger partial charge < -0.3 is 15.7 Å². The summed E-state index contributed by atoms with van der Waals surface area (Å²) >= 11 is 0. The lowest BCUT2D eigenvalue weighted by molar-refractivity contribution is -0.141. The molecule has 0 unspecified atom stereocenters. The molecule has 0 heterocycles. The Morgan fingerprint density at radius 2 is 1.58 bits per heavy atom. The van der Waals surface area contributed by atoms with Gasteiger partial charge in [0.15, 0.2) is 0 Å². The fourth-order valence-corrected chi connectivity index (χ4v) is 2.38. The molecular weight excluding hydrogens is 332 g/mol. The first-order chi connectivity index (χ1) is 12.4. The fourth-order valence-electron chi connectivity index (χ4n) is 2.38. The lowest BCUT2D eigenvalue weighted by Crippen LogP contribution is -2.51. The van der Waals surface area contributed by atoms with E-state index in [1.807, 2.05) is 31.2 Å². The van der Waals surface area contributed by atoms with Gasteiger partial charge in [0.2, 0.25) is 5.91 Å². The molecule has 0 saturated carbocycles. The van der Waals surface area contributed by atoms with Crippen molar-refractivity contribution in [2.75, 3.05) is 0 Å². The van der Waals surface area contributed by atoms with Crippen molar-refractivity contribution in [3.05, 3.63) is 71.3 Å². The van der Waals surface area contributed by atoms with Crippen LogP contribution in [-0.2, 0) is 16.0 Å². The molecule has 6 nitrogen and oxygen atoms in total. The molecule has 0 aromatic heterocycles. The Morgan fingerprint density at radius 1 is 0.962 bits per heavy atom. The average Bonchev–Trinajstić information content (AvgIpc) is 2.63. The third-order valence-corrected chi connectivity index (χ3v) is 3.95. The van der Waals surface area contributed by atoms with Gasteiger partial charge in [-0.25, -0.2) is 0 Å². The van der Waals surface area contributed by atoms with Crippen molar-refractivity contribution in [1.29, 1.82) is 0 Å². The van der Waals surface area contributed by atoms with Gasteiger partial charge in [0, 0.05) is 12.0 Å². The predicted molar refractivity (Wildman–Crippen MR) is 97.8 cm³/mol. The molecule has 2 atom stereocenters. The quantitative estimate of drug-likeness (QED) is 0.708. The van der Waals surface area contributed by atoms with Crippen LogP contribution >= 0.6 is 0 Å². The topological polar surface area (TPSA) is 95.5 Å². The first-order valence-electron chi connectivity index (χ1n) is 8.31. The van der Waals surface area contributed by atoms with Crippen LogP contribution in [-0.4, -0.2) is 35.0 Å². The summed E-state index contributed by atoms with van der Waals surface area (Å²) in [6.45, 7) is 3.34. The third-order valence-electron chi connectivity index (χ3n) is 3.95. The van der Waals surface area contributed by atoms with E-state index >= 15 is 0 Å². The highest BCUT2D eigenvalue weighted by atomic mass is 16.4. The highest BCUT2D eigenvalue weighted by Gasteiger charge is 2.25. The summed E-state index contributed by atoms with van der Waals surface area (Å²) in [5, 5.41) is 14.1. The first-order valence-corrected chi connectivity index (χ1v) is 8.31. The van der Waals surface area contributed by atoms with Gasteiger partial charge in [-0.3, -0.25) is 14.4 Å². The van der Waals surface area contributed by atoms with Gasteiger partial charge in [0.25, 0.3) is 5.91 Å². The van der Waals surface area contributed by atoms with Crippen LogP contribution in [0.3, 0.4) is 0 Å². The second-order valence-electron chi connectivity index (χ2n) is 6.15. The second-order valence-corrected chi connectivity index (χ2v) is 6.15. The second kappa shape index (κ2) is 8.80. The molecule has 2 aromatic rings. The van der Waals surface area contributed by atoms with E-state index in [1.54, 1.807) is 30.3 Å². The Balaban J connectivity index is 2.17. The van der Waals surface area contributed by atoms with E-state index in [0.29, 0.717) is 5.56 Å².